The van der Waals surface area contributed by atoms with E-state index in [1.165, 1.54) is 18.4 Å². The van der Waals surface area contributed by atoms with Crippen LogP contribution in [0.1, 0.15) is 38.7 Å². The molecule has 2 rings (SSSR count). The molecule has 5 heteroatoms. The van der Waals surface area contributed by atoms with E-state index in [0.717, 1.165) is 37.6 Å². The molecule has 0 aromatic heterocycles. The summed E-state index contributed by atoms with van der Waals surface area (Å²) in [7, 11) is 0. The molecule has 1 aromatic carbocycles. The number of nitrogens with zero attached hydrogens (tertiary/aromatic N) is 2. The lowest BCUT2D eigenvalue weighted by atomic mass is 9.96. The smallest absolute Gasteiger partial charge is 0.188 e. The Balaban J connectivity index is 1.74. The molecule has 0 aliphatic carbocycles. The van der Waals surface area contributed by atoms with Crippen molar-refractivity contribution < 1.29 is 0 Å². The van der Waals surface area contributed by atoms with E-state index in [2.05, 4.69) is 41.2 Å². The maximum absolute atomic E-state index is 6.24. The number of halogens is 1. The maximum atomic E-state index is 6.24. The van der Waals surface area contributed by atoms with Gasteiger partial charge in [0.2, 0.25) is 0 Å². The zero-order chi connectivity index (χ0) is 16.7. The van der Waals surface area contributed by atoms with Crippen LogP contribution < -0.4 is 11.1 Å². The lowest BCUT2D eigenvalue weighted by molar-refractivity contribution is 0.180. The van der Waals surface area contributed by atoms with Crippen molar-refractivity contribution in [1.29, 1.82) is 0 Å². The Morgan fingerprint density at radius 2 is 2.09 bits per heavy atom. The molecule has 1 atom stereocenters. The number of hydrogen-bond acceptors (Lipinski definition) is 2. The summed E-state index contributed by atoms with van der Waals surface area (Å²) in [6, 6.07) is 8.49. The van der Waals surface area contributed by atoms with E-state index in [1.54, 1.807) is 0 Å². The Morgan fingerprint density at radius 3 is 2.74 bits per heavy atom. The molecule has 1 saturated heterocycles. The van der Waals surface area contributed by atoms with Gasteiger partial charge in [0.1, 0.15) is 0 Å². The van der Waals surface area contributed by atoms with Crippen molar-refractivity contribution in [2.24, 2.45) is 16.6 Å². The first-order valence-corrected chi connectivity index (χ1v) is 8.98. The lowest BCUT2D eigenvalue weighted by Crippen LogP contribution is -2.39. The van der Waals surface area contributed by atoms with E-state index in [-0.39, 0.29) is 0 Å². The maximum Gasteiger partial charge on any atom is 0.188 e. The van der Waals surface area contributed by atoms with Crippen LogP contribution in [0.5, 0.6) is 0 Å². The fraction of sp³-hybridized carbons (Fsp3) is 0.611. The van der Waals surface area contributed by atoms with Gasteiger partial charge in [0.15, 0.2) is 5.96 Å². The molecule has 0 bridgehead atoms. The highest BCUT2D eigenvalue weighted by atomic mass is 35.5. The van der Waals surface area contributed by atoms with Crippen LogP contribution in [-0.2, 0) is 6.54 Å². The molecule has 1 aliphatic rings. The summed E-state index contributed by atoms with van der Waals surface area (Å²) in [5.74, 6) is 1.22. The summed E-state index contributed by atoms with van der Waals surface area (Å²) in [6.45, 7) is 8.23. The summed E-state index contributed by atoms with van der Waals surface area (Å²) >= 11 is 6.24. The monoisotopic (exact) mass is 336 g/mol. The molecule has 1 fully saturated rings. The number of nitrogens with one attached hydrogen (secondary N) is 1. The van der Waals surface area contributed by atoms with Crippen molar-refractivity contribution in [1.82, 2.24) is 10.2 Å². The first-order chi connectivity index (χ1) is 11.1. The average molecular weight is 337 g/mol. The fourth-order valence-electron chi connectivity index (χ4n) is 2.82. The van der Waals surface area contributed by atoms with Gasteiger partial charge in [0.25, 0.3) is 0 Å². The van der Waals surface area contributed by atoms with Crippen LogP contribution in [0.4, 0.5) is 0 Å². The van der Waals surface area contributed by atoms with Crippen LogP contribution in [0.15, 0.2) is 29.3 Å². The third-order valence-electron chi connectivity index (χ3n) is 4.59. The number of hydrogen-bond donors (Lipinski definition) is 2. The van der Waals surface area contributed by atoms with Gasteiger partial charge < -0.3 is 11.1 Å². The third-order valence-corrected chi connectivity index (χ3v) is 4.95. The summed E-state index contributed by atoms with van der Waals surface area (Å²) in [4.78, 5) is 6.98. The fourth-order valence-corrected chi connectivity index (χ4v) is 3.02. The summed E-state index contributed by atoms with van der Waals surface area (Å²) < 4.78 is 0. The Hall–Kier alpha value is -1.26. The summed E-state index contributed by atoms with van der Waals surface area (Å²) in [5.41, 5.74) is 7.14. The topological polar surface area (TPSA) is 53.6 Å². The highest BCUT2D eigenvalue weighted by molar-refractivity contribution is 6.31. The van der Waals surface area contributed by atoms with Gasteiger partial charge in [0.05, 0.1) is 0 Å². The van der Waals surface area contributed by atoms with Crippen LogP contribution in [0.2, 0.25) is 5.02 Å². The third kappa shape index (κ3) is 6.04. The van der Waals surface area contributed by atoms with Gasteiger partial charge in [-0.25, -0.2) is 0 Å². The van der Waals surface area contributed by atoms with Crippen molar-refractivity contribution in [3.63, 3.8) is 0 Å². The van der Waals surface area contributed by atoms with Crippen molar-refractivity contribution >= 4 is 17.6 Å². The van der Waals surface area contributed by atoms with Gasteiger partial charge in [-0.3, -0.25) is 9.89 Å². The highest BCUT2D eigenvalue weighted by Crippen LogP contribution is 2.22. The molecule has 4 nitrogen and oxygen atoms in total. The Bertz CT molecular complexity index is 509. The lowest BCUT2D eigenvalue weighted by Gasteiger charge is -2.31. The molecule has 1 aliphatic heterocycles. The number of aliphatic imine (C=N–C) groups is 1. The predicted molar refractivity (Wildman–Crippen MR) is 98.8 cm³/mol. The summed E-state index contributed by atoms with van der Waals surface area (Å²) in [5, 5.41) is 4.08. The Labute approximate surface area is 145 Å². The van der Waals surface area contributed by atoms with E-state index < -0.39 is 0 Å². The van der Waals surface area contributed by atoms with Gasteiger partial charge in [-0.1, -0.05) is 36.7 Å². The Kier molecular flexibility index (Phi) is 7.18. The van der Waals surface area contributed by atoms with E-state index in [9.17, 15) is 0 Å². The van der Waals surface area contributed by atoms with Crippen LogP contribution in [0, 0.1) is 5.92 Å². The molecular formula is C18H29ClN4. The van der Waals surface area contributed by atoms with Crippen LogP contribution >= 0.6 is 11.6 Å². The van der Waals surface area contributed by atoms with Crippen molar-refractivity contribution in [2.75, 3.05) is 19.6 Å². The van der Waals surface area contributed by atoms with Crippen LogP contribution in [0.3, 0.4) is 0 Å². The molecule has 23 heavy (non-hydrogen) atoms. The van der Waals surface area contributed by atoms with Gasteiger partial charge in [-0.2, -0.15) is 0 Å². The van der Waals surface area contributed by atoms with E-state index in [0.29, 0.717) is 17.9 Å². The molecular weight excluding hydrogens is 308 g/mol. The van der Waals surface area contributed by atoms with Crippen LogP contribution in [0.25, 0.3) is 0 Å². The average Bonchev–Trinajstić information content (AvgIpc) is 2.56. The predicted octanol–water partition coefficient (Wildman–Crippen LogP) is 3.25. The van der Waals surface area contributed by atoms with E-state index in [1.807, 2.05) is 12.1 Å². The van der Waals surface area contributed by atoms with E-state index in [4.69, 9.17) is 17.3 Å². The first-order valence-electron chi connectivity index (χ1n) is 8.60. The minimum atomic E-state index is 0.385. The normalized spacial score (nSPS) is 18.8. The molecule has 0 saturated carbocycles. The molecule has 3 N–H and O–H groups in total. The van der Waals surface area contributed by atoms with E-state index >= 15 is 0 Å². The van der Waals surface area contributed by atoms with Crippen LogP contribution in [-0.4, -0.2) is 36.5 Å². The minimum Gasteiger partial charge on any atom is -0.370 e. The molecule has 1 unspecified atom stereocenters. The molecule has 0 amide bonds. The zero-order valence-electron chi connectivity index (χ0n) is 14.3. The number of likely N-dealkylation sites (tertiary alicyclic amines) is 1. The second-order valence-corrected chi connectivity index (χ2v) is 6.90. The second-order valence-electron chi connectivity index (χ2n) is 6.49. The number of benzene rings is 1. The number of nitrogens with two attached hydrogens (primary N) is 1. The highest BCUT2D eigenvalue weighted by Gasteiger charge is 2.19. The molecule has 1 aromatic rings. The van der Waals surface area contributed by atoms with Gasteiger partial charge in [-0.05, 0) is 56.8 Å². The minimum absolute atomic E-state index is 0.385. The number of rotatable bonds is 6. The van der Waals surface area contributed by atoms with Crippen molar-refractivity contribution in [3.05, 3.63) is 34.9 Å². The first kappa shape index (κ1) is 18.1. The summed E-state index contributed by atoms with van der Waals surface area (Å²) in [6.07, 6.45) is 3.39. The standard InChI is InChI=1S/C18H29ClN4/c1-3-14(2)22-18(20)21-12-15-8-10-23(11-9-15)13-16-6-4-5-7-17(16)19/h4-7,14-15H,3,8-13H2,1-2H3,(H3,20,21,22). The van der Waals surface area contributed by atoms with Crippen molar-refractivity contribution in [3.8, 4) is 0 Å². The van der Waals surface area contributed by atoms with Gasteiger partial charge in [0, 0.05) is 24.2 Å². The zero-order valence-corrected chi connectivity index (χ0v) is 15.0. The van der Waals surface area contributed by atoms with Crippen molar-refractivity contribution in [2.45, 2.75) is 45.7 Å². The quantitative estimate of drug-likeness (QED) is 0.619. The van der Waals surface area contributed by atoms with Gasteiger partial charge >= 0.3 is 0 Å². The Morgan fingerprint density at radius 1 is 1.39 bits per heavy atom. The molecule has 1 heterocycles. The number of guanidine groups is 1. The van der Waals surface area contributed by atoms with Gasteiger partial charge in [-0.15, -0.1) is 0 Å². The molecule has 0 radical (unpaired) electrons. The molecule has 128 valence electrons. The number of piperidine rings is 1. The second kappa shape index (κ2) is 9.14. The SMILES string of the molecule is CCC(C)NC(N)=NCC1CCN(Cc2ccccc2Cl)CC1. The molecule has 0 spiro atoms. The largest absolute Gasteiger partial charge is 0.370 e.